The Balaban J connectivity index is 1.69. The molecule has 1 aliphatic carbocycles. The molecular formula is C18H19FN2O3. The first kappa shape index (κ1) is 16.2. The summed E-state index contributed by atoms with van der Waals surface area (Å²) in [5, 5.41) is 0. The van der Waals surface area contributed by atoms with Crippen molar-refractivity contribution >= 4 is 17.5 Å². The predicted molar refractivity (Wildman–Crippen MR) is 87.6 cm³/mol. The standard InChI is InChI=1S/C18H19FN2O3/c1-24-14-4-2-11(16(19)10-14)6-7-21-17(22)9-12-8-13(20)3-5-15(12)18(21)23/h3-5,8,10-11H,2,6-7,9,20H2,1H3. The number of benzene rings is 1. The Morgan fingerprint density at radius 2 is 2.17 bits per heavy atom. The number of hydrogen-bond acceptors (Lipinski definition) is 4. The van der Waals surface area contributed by atoms with Crippen LogP contribution in [0.2, 0.25) is 0 Å². The molecule has 1 atom stereocenters. The number of methoxy groups -OCH3 is 1. The molecule has 1 aromatic rings. The fraction of sp³-hybridized carbons (Fsp3) is 0.333. The Morgan fingerprint density at radius 3 is 2.88 bits per heavy atom. The zero-order valence-electron chi connectivity index (χ0n) is 13.4. The third-order valence-electron chi connectivity index (χ3n) is 4.46. The number of nitrogen functional groups attached to an aromatic ring is 1. The Kier molecular flexibility index (Phi) is 4.38. The highest BCUT2D eigenvalue weighted by Crippen LogP contribution is 2.29. The van der Waals surface area contributed by atoms with Crippen LogP contribution in [-0.2, 0) is 16.0 Å². The molecule has 1 aliphatic heterocycles. The van der Waals surface area contributed by atoms with Crippen molar-refractivity contribution in [1.29, 1.82) is 0 Å². The highest BCUT2D eigenvalue weighted by atomic mass is 19.1. The number of amides is 2. The van der Waals surface area contributed by atoms with Crippen molar-refractivity contribution in [2.24, 2.45) is 5.92 Å². The van der Waals surface area contributed by atoms with E-state index in [0.717, 1.165) is 0 Å². The van der Waals surface area contributed by atoms with Gasteiger partial charge < -0.3 is 10.5 Å². The monoisotopic (exact) mass is 330 g/mol. The fourth-order valence-corrected chi connectivity index (χ4v) is 3.08. The number of fused-ring (bicyclic) bond motifs is 1. The van der Waals surface area contributed by atoms with Crippen LogP contribution < -0.4 is 5.73 Å². The van der Waals surface area contributed by atoms with Crippen molar-refractivity contribution < 1.29 is 18.7 Å². The average Bonchev–Trinajstić information content (AvgIpc) is 2.55. The van der Waals surface area contributed by atoms with E-state index >= 15 is 0 Å². The topological polar surface area (TPSA) is 72.6 Å². The van der Waals surface area contributed by atoms with Gasteiger partial charge in [-0.25, -0.2) is 4.39 Å². The molecule has 2 N–H and O–H groups in total. The summed E-state index contributed by atoms with van der Waals surface area (Å²) in [5.74, 6) is -0.724. The van der Waals surface area contributed by atoms with Crippen LogP contribution >= 0.6 is 0 Å². The highest BCUT2D eigenvalue weighted by molar-refractivity contribution is 6.09. The normalized spacial score (nSPS) is 20.4. The first-order valence-electron chi connectivity index (χ1n) is 7.84. The van der Waals surface area contributed by atoms with Gasteiger partial charge >= 0.3 is 0 Å². The van der Waals surface area contributed by atoms with Gasteiger partial charge in [-0.3, -0.25) is 14.5 Å². The molecule has 1 unspecified atom stereocenters. The summed E-state index contributed by atoms with van der Waals surface area (Å²) in [6.45, 7) is 0.198. The summed E-state index contributed by atoms with van der Waals surface area (Å²) in [4.78, 5) is 26.0. The van der Waals surface area contributed by atoms with Crippen LogP contribution in [0.1, 0.15) is 28.8 Å². The third kappa shape index (κ3) is 3.04. The van der Waals surface area contributed by atoms with E-state index in [1.807, 2.05) is 6.08 Å². The molecule has 6 heteroatoms. The minimum absolute atomic E-state index is 0.142. The van der Waals surface area contributed by atoms with Crippen LogP contribution in [0.4, 0.5) is 10.1 Å². The number of allylic oxidation sites excluding steroid dienone is 3. The van der Waals surface area contributed by atoms with Crippen molar-refractivity contribution in [3.63, 3.8) is 0 Å². The number of imide groups is 1. The maximum absolute atomic E-state index is 14.1. The Labute approximate surface area is 139 Å². The zero-order chi connectivity index (χ0) is 17.3. The van der Waals surface area contributed by atoms with Gasteiger partial charge in [0.2, 0.25) is 5.91 Å². The van der Waals surface area contributed by atoms with Gasteiger partial charge in [0.25, 0.3) is 5.91 Å². The van der Waals surface area contributed by atoms with Gasteiger partial charge in [-0.2, -0.15) is 0 Å². The van der Waals surface area contributed by atoms with Gasteiger partial charge in [-0.1, -0.05) is 0 Å². The third-order valence-corrected chi connectivity index (χ3v) is 4.46. The predicted octanol–water partition coefficient (Wildman–Crippen LogP) is 2.59. The molecular weight excluding hydrogens is 311 g/mol. The van der Waals surface area contributed by atoms with Crippen molar-refractivity contribution in [1.82, 2.24) is 4.90 Å². The molecule has 0 aromatic heterocycles. The van der Waals surface area contributed by atoms with E-state index in [9.17, 15) is 14.0 Å². The summed E-state index contributed by atoms with van der Waals surface area (Å²) >= 11 is 0. The summed E-state index contributed by atoms with van der Waals surface area (Å²) in [6, 6.07) is 4.94. The number of anilines is 1. The number of carbonyl (C=O) groups is 2. The number of halogens is 1. The maximum Gasteiger partial charge on any atom is 0.260 e. The lowest BCUT2D eigenvalue weighted by Gasteiger charge is -2.28. The minimum Gasteiger partial charge on any atom is -0.497 e. The molecule has 3 rings (SSSR count). The van der Waals surface area contributed by atoms with Crippen molar-refractivity contribution in [2.75, 3.05) is 19.4 Å². The number of nitrogens with zero attached hydrogens (tertiary/aromatic N) is 1. The molecule has 0 radical (unpaired) electrons. The average molecular weight is 330 g/mol. The molecule has 5 nitrogen and oxygen atoms in total. The second-order valence-electron chi connectivity index (χ2n) is 6.01. The van der Waals surface area contributed by atoms with Gasteiger partial charge in [0, 0.05) is 29.8 Å². The number of nitrogens with two attached hydrogens (primary N) is 1. The summed E-state index contributed by atoms with van der Waals surface area (Å²) in [7, 11) is 1.49. The second kappa shape index (κ2) is 6.47. The molecule has 126 valence electrons. The Bertz CT molecular complexity index is 755. The molecule has 0 saturated heterocycles. The number of carbonyl (C=O) groups excluding carboxylic acids is 2. The van der Waals surface area contributed by atoms with Crippen LogP contribution in [0, 0.1) is 5.92 Å². The maximum atomic E-state index is 14.1. The van der Waals surface area contributed by atoms with Crippen molar-refractivity contribution in [3.05, 3.63) is 53.1 Å². The zero-order valence-corrected chi connectivity index (χ0v) is 13.4. The van der Waals surface area contributed by atoms with E-state index < -0.39 is 0 Å². The molecule has 0 fully saturated rings. The first-order chi connectivity index (χ1) is 11.5. The minimum atomic E-state index is -0.338. The lowest BCUT2D eigenvalue weighted by molar-refractivity contribution is -0.128. The van der Waals surface area contributed by atoms with Gasteiger partial charge in [-0.15, -0.1) is 0 Å². The molecule has 1 aromatic carbocycles. The molecule has 2 amide bonds. The van der Waals surface area contributed by atoms with E-state index in [1.54, 1.807) is 18.2 Å². The molecule has 24 heavy (non-hydrogen) atoms. The summed E-state index contributed by atoms with van der Waals surface area (Å²) in [6.07, 6.45) is 4.19. The van der Waals surface area contributed by atoms with E-state index in [-0.39, 0.29) is 36.5 Å². The molecule has 0 spiro atoms. The van der Waals surface area contributed by atoms with Crippen LogP contribution in [0.5, 0.6) is 0 Å². The SMILES string of the molecule is COC1=CCC(CCN2C(=O)Cc3cc(N)ccc3C2=O)C(F)=C1. The lowest BCUT2D eigenvalue weighted by atomic mass is 9.93. The van der Waals surface area contributed by atoms with Gasteiger partial charge in [-0.05, 0) is 42.7 Å². The van der Waals surface area contributed by atoms with Crippen LogP contribution in [0.3, 0.4) is 0 Å². The molecule has 0 saturated carbocycles. The van der Waals surface area contributed by atoms with Crippen molar-refractivity contribution in [3.8, 4) is 0 Å². The Hall–Kier alpha value is -2.63. The van der Waals surface area contributed by atoms with E-state index in [2.05, 4.69) is 0 Å². The van der Waals surface area contributed by atoms with Crippen molar-refractivity contribution in [2.45, 2.75) is 19.3 Å². The van der Waals surface area contributed by atoms with E-state index in [4.69, 9.17) is 10.5 Å². The van der Waals surface area contributed by atoms with Crippen LogP contribution in [0.25, 0.3) is 0 Å². The largest absolute Gasteiger partial charge is 0.497 e. The second-order valence-corrected chi connectivity index (χ2v) is 6.01. The van der Waals surface area contributed by atoms with Gasteiger partial charge in [0.15, 0.2) is 0 Å². The first-order valence-corrected chi connectivity index (χ1v) is 7.84. The molecule has 0 bridgehead atoms. The van der Waals surface area contributed by atoms with E-state index in [0.29, 0.717) is 35.4 Å². The van der Waals surface area contributed by atoms with Crippen LogP contribution in [-0.4, -0.2) is 30.4 Å². The molecule has 2 aliphatic rings. The fourth-order valence-electron chi connectivity index (χ4n) is 3.08. The number of hydrogen-bond donors (Lipinski definition) is 1. The lowest BCUT2D eigenvalue weighted by Crippen LogP contribution is -2.43. The highest BCUT2D eigenvalue weighted by Gasteiger charge is 2.31. The number of ether oxygens (including phenoxy) is 1. The summed E-state index contributed by atoms with van der Waals surface area (Å²) in [5.41, 5.74) is 7.37. The van der Waals surface area contributed by atoms with E-state index in [1.165, 1.54) is 18.1 Å². The summed E-state index contributed by atoms with van der Waals surface area (Å²) < 4.78 is 19.1. The van der Waals surface area contributed by atoms with Gasteiger partial charge in [0.05, 0.1) is 13.5 Å². The van der Waals surface area contributed by atoms with Crippen LogP contribution in [0.15, 0.2) is 41.9 Å². The Morgan fingerprint density at radius 1 is 1.38 bits per heavy atom. The van der Waals surface area contributed by atoms with Gasteiger partial charge in [0.1, 0.15) is 11.6 Å². The smallest absolute Gasteiger partial charge is 0.260 e. The quantitative estimate of drug-likeness (QED) is 0.680. The molecule has 1 heterocycles. The number of rotatable bonds is 4.